The summed E-state index contributed by atoms with van der Waals surface area (Å²) < 4.78 is 0. The molecule has 2 aromatic carbocycles. The summed E-state index contributed by atoms with van der Waals surface area (Å²) in [7, 11) is 0. The molecule has 1 fully saturated rings. The molecule has 4 rings (SSSR count). The van der Waals surface area contributed by atoms with Gasteiger partial charge < -0.3 is 14.7 Å². The molecule has 5 heteroatoms. The van der Waals surface area contributed by atoms with Crippen molar-refractivity contribution >= 4 is 23.1 Å². The molecule has 1 amide bonds. The first-order chi connectivity index (χ1) is 13.5. The zero-order valence-corrected chi connectivity index (χ0v) is 16.6. The maximum Gasteiger partial charge on any atom is 0.284 e. The van der Waals surface area contributed by atoms with Crippen LogP contribution in [0.3, 0.4) is 0 Å². The fourth-order valence-corrected chi connectivity index (χ4v) is 4.37. The van der Waals surface area contributed by atoms with Crippen molar-refractivity contribution in [2.45, 2.75) is 26.3 Å². The van der Waals surface area contributed by atoms with Crippen molar-refractivity contribution in [2.24, 2.45) is 0 Å². The van der Waals surface area contributed by atoms with E-state index in [-0.39, 0.29) is 17.7 Å². The molecular weight excluding hydrogens is 350 g/mol. The largest absolute Gasteiger partial charge is 0.360 e. The Balaban J connectivity index is 1.37. The third-order valence-corrected chi connectivity index (χ3v) is 6.18. The molecular formula is C23H28N3O2+. The Hall–Kier alpha value is -2.66. The zero-order valence-electron chi connectivity index (χ0n) is 16.6. The molecule has 0 bridgehead atoms. The number of carbonyl (C=O) groups excluding carboxylic acids is 2. The van der Waals surface area contributed by atoms with E-state index < -0.39 is 0 Å². The minimum Gasteiger partial charge on any atom is -0.360 e. The highest BCUT2D eigenvalue weighted by molar-refractivity contribution is 5.98. The molecule has 0 spiro atoms. The average Bonchev–Trinajstić information content (AvgIpc) is 3.17. The van der Waals surface area contributed by atoms with Crippen LogP contribution in [0.1, 0.15) is 29.8 Å². The van der Waals surface area contributed by atoms with E-state index in [0.717, 1.165) is 56.1 Å². The van der Waals surface area contributed by atoms with Crippen molar-refractivity contribution in [3.05, 3.63) is 59.7 Å². The fraction of sp³-hybridized carbons (Fsp3) is 0.391. The lowest BCUT2D eigenvalue weighted by molar-refractivity contribution is -0.914. The highest BCUT2D eigenvalue weighted by Gasteiger charge is 2.35. The van der Waals surface area contributed by atoms with E-state index >= 15 is 0 Å². The van der Waals surface area contributed by atoms with E-state index in [1.807, 2.05) is 41.3 Å². The van der Waals surface area contributed by atoms with Crippen molar-refractivity contribution in [1.29, 1.82) is 0 Å². The molecule has 1 N–H and O–H groups in total. The van der Waals surface area contributed by atoms with Gasteiger partial charge in [0, 0.05) is 23.5 Å². The van der Waals surface area contributed by atoms with Gasteiger partial charge in [-0.15, -0.1) is 0 Å². The summed E-state index contributed by atoms with van der Waals surface area (Å²) in [5.74, 6) is 0.329. The third-order valence-electron chi connectivity index (χ3n) is 6.18. The number of quaternary nitrogens is 1. The Bertz CT molecular complexity index is 870. The number of nitrogens with one attached hydrogen (secondary N) is 1. The van der Waals surface area contributed by atoms with E-state index in [9.17, 15) is 9.59 Å². The summed E-state index contributed by atoms with van der Waals surface area (Å²) in [6, 6.07) is 16.0. The topological polar surface area (TPSA) is 45.1 Å². The molecule has 5 nitrogen and oxygen atoms in total. The second-order valence-electron chi connectivity index (χ2n) is 7.84. The van der Waals surface area contributed by atoms with Crippen LogP contribution in [-0.4, -0.2) is 50.5 Å². The van der Waals surface area contributed by atoms with Crippen LogP contribution in [0.5, 0.6) is 0 Å². The number of nitrogens with zero attached hydrogens (tertiary/aromatic N) is 2. The van der Waals surface area contributed by atoms with E-state index in [1.54, 1.807) is 6.92 Å². The van der Waals surface area contributed by atoms with Gasteiger partial charge in [-0.1, -0.05) is 18.2 Å². The number of hydrogen-bond acceptors (Lipinski definition) is 3. The van der Waals surface area contributed by atoms with Crippen LogP contribution in [0.4, 0.5) is 11.4 Å². The van der Waals surface area contributed by atoms with Gasteiger partial charge >= 0.3 is 0 Å². The molecule has 0 radical (unpaired) electrons. The van der Waals surface area contributed by atoms with Crippen LogP contribution in [0.25, 0.3) is 0 Å². The van der Waals surface area contributed by atoms with Gasteiger partial charge in [-0.3, -0.25) is 9.59 Å². The molecule has 0 saturated carbocycles. The van der Waals surface area contributed by atoms with Gasteiger partial charge in [0.25, 0.3) is 5.91 Å². The molecule has 2 aliphatic heterocycles. The maximum atomic E-state index is 13.1. The van der Waals surface area contributed by atoms with Gasteiger partial charge in [0.05, 0.1) is 26.2 Å². The van der Waals surface area contributed by atoms with E-state index in [1.165, 1.54) is 10.5 Å². The van der Waals surface area contributed by atoms with Crippen LogP contribution < -0.4 is 14.7 Å². The summed E-state index contributed by atoms with van der Waals surface area (Å²) in [5, 5.41) is 0. The standard InChI is InChI=1S/C23H27N3O2/c1-17(23(28)26-12-11-20-5-3-4-6-22(20)26)24-13-15-25(16-14-24)21-9-7-19(8-10-21)18(2)27/h3-10,17H,11-16H2,1-2H3/p+1/t17-/m0/s1. The summed E-state index contributed by atoms with van der Waals surface area (Å²) >= 11 is 0. The molecule has 2 aliphatic rings. The number of ketones is 1. The highest BCUT2D eigenvalue weighted by atomic mass is 16.2. The van der Waals surface area contributed by atoms with Gasteiger partial charge in [0.1, 0.15) is 0 Å². The lowest BCUT2D eigenvalue weighted by Gasteiger charge is -2.37. The number of para-hydroxylation sites is 1. The fourth-order valence-electron chi connectivity index (χ4n) is 4.37. The molecule has 28 heavy (non-hydrogen) atoms. The maximum absolute atomic E-state index is 13.1. The van der Waals surface area contributed by atoms with Gasteiger partial charge in [0.2, 0.25) is 0 Å². The normalized spacial score (nSPS) is 18.1. The number of piperazine rings is 1. The predicted molar refractivity (Wildman–Crippen MR) is 111 cm³/mol. The second kappa shape index (κ2) is 7.76. The van der Waals surface area contributed by atoms with Crippen LogP contribution >= 0.6 is 0 Å². The lowest BCUT2D eigenvalue weighted by Crippen LogP contribution is -3.19. The van der Waals surface area contributed by atoms with Crippen LogP contribution in [-0.2, 0) is 11.2 Å². The Morgan fingerprint density at radius 2 is 1.64 bits per heavy atom. The molecule has 1 saturated heterocycles. The Labute approximate surface area is 166 Å². The number of carbonyl (C=O) groups is 2. The van der Waals surface area contributed by atoms with E-state index in [2.05, 4.69) is 24.0 Å². The first kappa shape index (κ1) is 18.7. The van der Waals surface area contributed by atoms with Crippen molar-refractivity contribution in [3.63, 3.8) is 0 Å². The number of hydrogen-bond donors (Lipinski definition) is 1. The van der Waals surface area contributed by atoms with Crippen LogP contribution in [0.15, 0.2) is 48.5 Å². The van der Waals surface area contributed by atoms with Crippen molar-refractivity contribution in [1.82, 2.24) is 0 Å². The third kappa shape index (κ3) is 3.54. The number of rotatable bonds is 4. The highest BCUT2D eigenvalue weighted by Crippen LogP contribution is 2.27. The van der Waals surface area contributed by atoms with Crippen LogP contribution in [0, 0.1) is 0 Å². The Morgan fingerprint density at radius 1 is 0.964 bits per heavy atom. The molecule has 0 aromatic heterocycles. The van der Waals surface area contributed by atoms with Gasteiger partial charge in [-0.25, -0.2) is 0 Å². The smallest absolute Gasteiger partial charge is 0.284 e. The van der Waals surface area contributed by atoms with Gasteiger partial charge in [-0.05, 0) is 56.2 Å². The van der Waals surface area contributed by atoms with Crippen molar-refractivity contribution in [2.75, 3.05) is 42.5 Å². The Morgan fingerprint density at radius 3 is 2.32 bits per heavy atom. The van der Waals surface area contributed by atoms with Crippen molar-refractivity contribution < 1.29 is 14.5 Å². The number of Topliss-reactive ketones (excluding diaryl/α,β-unsaturated/α-hetero) is 1. The Kier molecular flexibility index (Phi) is 5.18. The quantitative estimate of drug-likeness (QED) is 0.822. The summed E-state index contributed by atoms with van der Waals surface area (Å²) in [6.07, 6.45) is 0.952. The average molecular weight is 378 g/mol. The zero-order chi connectivity index (χ0) is 19.7. The summed E-state index contributed by atoms with van der Waals surface area (Å²) in [4.78, 5) is 30.2. The van der Waals surface area contributed by atoms with Gasteiger partial charge in [0.15, 0.2) is 11.8 Å². The number of amides is 1. The second-order valence-corrected chi connectivity index (χ2v) is 7.84. The number of anilines is 2. The van der Waals surface area contributed by atoms with Crippen LogP contribution in [0.2, 0.25) is 0 Å². The first-order valence-electron chi connectivity index (χ1n) is 10.1. The summed E-state index contributed by atoms with van der Waals surface area (Å²) in [6.45, 7) is 8.17. The number of fused-ring (bicyclic) bond motifs is 1. The minimum atomic E-state index is -0.0339. The SMILES string of the molecule is CC(=O)c1ccc(N2CC[NH+]([C@@H](C)C(=O)N3CCc4ccccc43)CC2)cc1. The van der Waals surface area contributed by atoms with Crippen molar-refractivity contribution in [3.8, 4) is 0 Å². The molecule has 1 atom stereocenters. The van der Waals surface area contributed by atoms with Gasteiger partial charge in [-0.2, -0.15) is 0 Å². The van der Waals surface area contributed by atoms with E-state index in [0.29, 0.717) is 0 Å². The molecule has 146 valence electrons. The molecule has 0 unspecified atom stereocenters. The minimum absolute atomic E-state index is 0.0339. The molecule has 2 heterocycles. The summed E-state index contributed by atoms with van der Waals surface area (Å²) in [5.41, 5.74) is 4.26. The van der Waals surface area contributed by atoms with E-state index in [4.69, 9.17) is 0 Å². The first-order valence-corrected chi connectivity index (χ1v) is 10.1. The predicted octanol–water partition coefficient (Wildman–Crippen LogP) is 1.57. The lowest BCUT2D eigenvalue weighted by atomic mass is 10.1. The number of benzene rings is 2. The molecule has 0 aliphatic carbocycles. The monoisotopic (exact) mass is 378 g/mol. The molecule has 2 aromatic rings.